The van der Waals surface area contributed by atoms with Crippen molar-refractivity contribution < 1.29 is 22.7 Å². The van der Waals surface area contributed by atoms with Gasteiger partial charge in [-0.3, -0.25) is 4.79 Å². The second-order valence-electron chi connectivity index (χ2n) is 7.34. The van der Waals surface area contributed by atoms with Crippen LogP contribution in [0.15, 0.2) is 29.2 Å². The molecule has 2 N–H and O–H groups in total. The summed E-state index contributed by atoms with van der Waals surface area (Å²) in [5, 5.41) is 5.31. The minimum atomic E-state index is -3.55. The predicted molar refractivity (Wildman–Crippen MR) is 110 cm³/mol. The molecule has 1 heterocycles. The number of hydrogen-bond acceptors (Lipinski definition) is 5. The summed E-state index contributed by atoms with van der Waals surface area (Å²) in [6, 6.07) is 7.00. The molecule has 0 unspecified atom stereocenters. The van der Waals surface area contributed by atoms with E-state index in [2.05, 4.69) is 24.5 Å². The molecule has 1 aliphatic heterocycles. The number of piperidine rings is 1. The molecule has 0 spiro atoms. The third-order valence-electron chi connectivity index (χ3n) is 4.98. The molecule has 1 aliphatic rings. The van der Waals surface area contributed by atoms with Crippen LogP contribution in [0.2, 0.25) is 0 Å². The number of benzene rings is 1. The lowest BCUT2D eigenvalue weighted by molar-refractivity contribution is -0.126. The molecule has 0 saturated carbocycles. The lowest BCUT2D eigenvalue weighted by Crippen LogP contribution is -2.44. The molecule has 0 atom stereocenters. The van der Waals surface area contributed by atoms with Gasteiger partial charge in [0.05, 0.1) is 11.5 Å². The highest BCUT2D eigenvalue weighted by Crippen LogP contribution is 2.25. The number of carbonyl (C=O) groups is 2. The molecule has 29 heavy (non-hydrogen) atoms. The highest BCUT2D eigenvalue weighted by molar-refractivity contribution is 7.89. The molecular weight excluding hydrogens is 394 g/mol. The van der Waals surface area contributed by atoms with E-state index in [4.69, 9.17) is 4.74 Å². The Labute approximate surface area is 173 Å². The Kier molecular flexibility index (Phi) is 8.45. The predicted octanol–water partition coefficient (Wildman–Crippen LogP) is 2.07. The molecule has 0 aromatic heterocycles. The van der Waals surface area contributed by atoms with Crippen LogP contribution in [0.4, 0.5) is 4.79 Å². The number of rotatable bonds is 8. The number of nitrogens with one attached hydrogen (secondary N) is 2. The fourth-order valence-electron chi connectivity index (χ4n) is 3.21. The fraction of sp³-hybridized carbons (Fsp3) is 0.600. The zero-order valence-electron chi connectivity index (χ0n) is 17.3. The van der Waals surface area contributed by atoms with Gasteiger partial charge in [0.15, 0.2) is 0 Å². The van der Waals surface area contributed by atoms with Gasteiger partial charge in [-0.15, -0.1) is 0 Å². The van der Waals surface area contributed by atoms with Crippen LogP contribution in [0.1, 0.15) is 45.1 Å². The SMILES string of the molecule is CCOC(=O)NCCNC(=O)C1CCN(S(=O)(=O)c2ccc(C(C)C)cc2)CC1. The second-order valence-corrected chi connectivity index (χ2v) is 9.28. The van der Waals surface area contributed by atoms with Crippen LogP contribution in [0.3, 0.4) is 0 Å². The largest absolute Gasteiger partial charge is 0.450 e. The van der Waals surface area contributed by atoms with E-state index in [0.29, 0.717) is 45.0 Å². The Hall–Kier alpha value is -2.13. The van der Waals surface area contributed by atoms with E-state index < -0.39 is 16.1 Å². The van der Waals surface area contributed by atoms with Gasteiger partial charge >= 0.3 is 6.09 Å². The lowest BCUT2D eigenvalue weighted by Gasteiger charge is -2.30. The monoisotopic (exact) mass is 425 g/mol. The van der Waals surface area contributed by atoms with Crippen LogP contribution in [0.25, 0.3) is 0 Å². The van der Waals surface area contributed by atoms with E-state index in [0.717, 1.165) is 5.56 Å². The van der Waals surface area contributed by atoms with Crippen molar-refractivity contribution in [2.24, 2.45) is 5.92 Å². The summed E-state index contributed by atoms with van der Waals surface area (Å²) in [7, 11) is -3.55. The highest BCUT2D eigenvalue weighted by Gasteiger charge is 2.32. The van der Waals surface area contributed by atoms with Crippen molar-refractivity contribution in [3.05, 3.63) is 29.8 Å². The summed E-state index contributed by atoms with van der Waals surface area (Å²) in [5.74, 6) is -0.00476. The molecule has 162 valence electrons. The van der Waals surface area contributed by atoms with E-state index in [1.54, 1.807) is 19.1 Å². The molecule has 9 heteroatoms. The molecule has 2 amide bonds. The number of amides is 2. The smallest absolute Gasteiger partial charge is 0.407 e. The van der Waals surface area contributed by atoms with Crippen molar-refractivity contribution in [1.82, 2.24) is 14.9 Å². The number of sulfonamides is 1. The third-order valence-corrected chi connectivity index (χ3v) is 6.89. The average Bonchev–Trinajstić information content (AvgIpc) is 2.71. The first-order chi connectivity index (χ1) is 13.8. The van der Waals surface area contributed by atoms with Crippen molar-refractivity contribution in [2.75, 3.05) is 32.8 Å². The maximum absolute atomic E-state index is 12.8. The molecule has 8 nitrogen and oxygen atoms in total. The van der Waals surface area contributed by atoms with Crippen LogP contribution in [-0.4, -0.2) is 57.5 Å². The normalized spacial score (nSPS) is 15.9. The van der Waals surface area contributed by atoms with E-state index >= 15 is 0 Å². The summed E-state index contributed by atoms with van der Waals surface area (Å²) in [6.45, 7) is 7.35. The van der Waals surface area contributed by atoms with Gasteiger partial charge in [0, 0.05) is 32.1 Å². The van der Waals surface area contributed by atoms with Crippen molar-refractivity contribution in [3.63, 3.8) is 0 Å². The Morgan fingerprint density at radius 2 is 1.69 bits per heavy atom. The van der Waals surface area contributed by atoms with Gasteiger partial charge in [-0.1, -0.05) is 26.0 Å². The summed E-state index contributed by atoms with van der Waals surface area (Å²) < 4.78 is 31.9. The number of ether oxygens (including phenoxy) is 1. The molecule has 2 rings (SSSR count). The summed E-state index contributed by atoms with van der Waals surface area (Å²) in [5.41, 5.74) is 1.09. The topological polar surface area (TPSA) is 105 Å². The summed E-state index contributed by atoms with van der Waals surface area (Å²) >= 11 is 0. The number of carbonyl (C=O) groups excluding carboxylic acids is 2. The Morgan fingerprint density at radius 3 is 2.24 bits per heavy atom. The minimum absolute atomic E-state index is 0.117. The molecule has 0 radical (unpaired) electrons. The van der Waals surface area contributed by atoms with Gasteiger partial charge in [-0.25, -0.2) is 13.2 Å². The maximum atomic E-state index is 12.8. The van der Waals surface area contributed by atoms with Crippen LogP contribution in [0.5, 0.6) is 0 Å². The van der Waals surface area contributed by atoms with E-state index in [9.17, 15) is 18.0 Å². The minimum Gasteiger partial charge on any atom is -0.450 e. The second kappa shape index (κ2) is 10.6. The summed E-state index contributed by atoms with van der Waals surface area (Å²) in [6.07, 6.45) is 0.433. The Balaban J connectivity index is 1.81. The third kappa shape index (κ3) is 6.43. The van der Waals surface area contributed by atoms with Crippen LogP contribution >= 0.6 is 0 Å². The van der Waals surface area contributed by atoms with Crippen LogP contribution < -0.4 is 10.6 Å². The molecular formula is C20H31N3O5S. The highest BCUT2D eigenvalue weighted by atomic mass is 32.2. The van der Waals surface area contributed by atoms with Gasteiger partial charge < -0.3 is 15.4 Å². The molecule has 1 aromatic rings. The first-order valence-electron chi connectivity index (χ1n) is 10.0. The van der Waals surface area contributed by atoms with Crippen molar-refractivity contribution in [2.45, 2.75) is 44.4 Å². The van der Waals surface area contributed by atoms with Crippen molar-refractivity contribution in [1.29, 1.82) is 0 Å². The Morgan fingerprint density at radius 1 is 1.10 bits per heavy atom. The van der Waals surface area contributed by atoms with Crippen molar-refractivity contribution in [3.8, 4) is 0 Å². The average molecular weight is 426 g/mol. The first-order valence-corrected chi connectivity index (χ1v) is 11.5. The molecule has 1 aromatic carbocycles. The molecule has 1 saturated heterocycles. The zero-order chi connectivity index (χ0) is 21.4. The summed E-state index contributed by atoms with van der Waals surface area (Å²) in [4.78, 5) is 23.7. The Bertz CT molecular complexity index is 785. The molecule has 0 bridgehead atoms. The van der Waals surface area contributed by atoms with Crippen molar-refractivity contribution >= 4 is 22.0 Å². The van der Waals surface area contributed by atoms with Gasteiger partial charge in [-0.05, 0) is 43.4 Å². The fourth-order valence-corrected chi connectivity index (χ4v) is 4.68. The first kappa shape index (κ1) is 23.2. The van der Waals surface area contributed by atoms with E-state index in [1.165, 1.54) is 4.31 Å². The maximum Gasteiger partial charge on any atom is 0.407 e. The molecule has 1 fully saturated rings. The van der Waals surface area contributed by atoms with Crippen LogP contribution in [-0.2, 0) is 19.6 Å². The van der Waals surface area contributed by atoms with Crippen LogP contribution in [0, 0.1) is 5.92 Å². The lowest BCUT2D eigenvalue weighted by atomic mass is 9.97. The van der Waals surface area contributed by atoms with Gasteiger partial charge in [-0.2, -0.15) is 4.31 Å². The van der Waals surface area contributed by atoms with Gasteiger partial charge in [0.1, 0.15) is 0 Å². The number of nitrogens with zero attached hydrogens (tertiary/aromatic N) is 1. The zero-order valence-corrected chi connectivity index (χ0v) is 18.1. The van der Waals surface area contributed by atoms with E-state index in [1.807, 2.05) is 12.1 Å². The van der Waals surface area contributed by atoms with Gasteiger partial charge in [0.2, 0.25) is 15.9 Å². The number of alkyl carbamates (subject to hydrolysis) is 1. The number of hydrogen-bond donors (Lipinski definition) is 2. The van der Waals surface area contributed by atoms with Gasteiger partial charge in [0.25, 0.3) is 0 Å². The van der Waals surface area contributed by atoms with E-state index in [-0.39, 0.29) is 23.3 Å². The standard InChI is InChI=1S/C20H31N3O5S/c1-4-28-20(25)22-12-11-21-19(24)17-9-13-23(14-10-17)29(26,27)18-7-5-16(6-8-18)15(2)3/h5-8,15,17H,4,9-14H2,1-3H3,(H,21,24)(H,22,25). The quantitative estimate of drug-likeness (QED) is 0.621. The molecule has 0 aliphatic carbocycles.